The second-order valence-electron chi connectivity index (χ2n) is 9.34. The molecule has 0 saturated heterocycles. The molecule has 1 aliphatic carbocycles. The molecule has 1 fully saturated rings. The number of aromatic nitrogens is 1. The first-order valence-corrected chi connectivity index (χ1v) is 12.7. The zero-order chi connectivity index (χ0) is 24.9. The molecule has 4 nitrogen and oxygen atoms in total. The van der Waals surface area contributed by atoms with Gasteiger partial charge in [0.15, 0.2) is 5.76 Å². The van der Waals surface area contributed by atoms with Gasteiger partial charge in [-0.25, -0.2) is 0 Å². The Balaban J connectivity index is 1.25. The maximum Gasteiger partial charge on any atom is 0.309 e. The van der Waals surface area contributed by atoms with Crippen LogP contribution >= 0.6 is 0 Å². The maximum atomic E-state index is 11.9. The SMILES string of the molecule is CCOC(=O)[C@@H]1C[C@H]1c1ccc(-c2ccc(-c3onc(C)c3/C=C/CCc3ccccc3)cc2)cc1. The average Bonchev–Trinajstić information content (AvgIpc) is 3.64. The standard InChI is InChI=1S/C32H31NO3/c1-3-35-32(34)30-21-29(30)26-17-13-24(14-18-26)25-15-19-27(20-16-25)31-28(22(2)33-36-31)12-8-7-11-23-9-5-4-6-10-23/h4-6,8-10,12-20,29-30H,3,7,11,21H2,1-2H3/b12-8+/t29-,30+/m0/s1. The molecular weight excluding hydrogens is 446 g/mol. The summed E-state index contributed by atoms with van der Waals surface area (Å²) in [6.45, 7) is 4.27. The minimum atomic E-state index is -0.0739. The highest BCUT2D eigenvalue weighted by molar-refractivity contribution is 5.78. The molecule has 5 rings (SSSR count). The number of carbonyl (C=O) groups is 1. The predicted molar refractivity (Wildman–Crippen MR) is 143 cm³/mol. The highest BCUT2D eigenvalue weighted by atomic mass is 16.5. The molecule has 0 unspecified atom stereocenters. The van der Waals surface area contributed by atoms with Crippen LogP contribution in [0.3, 0.4) is 0 Å². The number of ether oxygens (including phenoxy) is 1. The van der Waals surface area contributed by atoms with Gasteiger partial charge >= 0.3 is 5.97 Å². The van der Waals surface area contributed by atoms with Gasteiger partial charge in [-0.1, -0.05) is 96.2 Å². The summed E-state index contributed by atoms with van der Waals surface area (Å²) < 4.78 is 10.9. The summed E-state index contributed by atoms with van der Waals surface area (Å²) in [5, 5.41) is 4.21. The van der Waals surface area contributed by atoms with E-state index in [9.17, 15) is 4.79 Å². The normalized spacial score (nSPS) is 16.8. The maximum absolute atomic E-state index is 11.9. The zero-order valence-electron chi connectivity index (χ0n) is 20.8. The third-order valence-electron chi connectivity index (χ3n) is 6.83. The van der Waals surface area contributed by atoms with Crippen molar-refractivity contribution in [2.75, 3.05) is 6.61 Å². The van der Waals surface area contributed by atoms with Crippen molar-refractivity contribution in [2.45, 2.75) is 39.0 Å². The summed E-state index contributed by atoms with van der Waals surface area (Å²) in [6, 6.07) is 27.4. The summed E-state index contributed by atoms with van der Waals surface area (Å²) in [5.41, 5.74) is 7.75. The van der Waals surface area contributed by atoms with E-state index in [1.807, 2.05) is 19.9 Å². The zero-order valence-corrected chi connectivity index (χ0v) is 20.8. The number of rotatable bonds is 9. The van der Waals surface area contributed by atoms with Gasteiger partial charge in [0.1, 0.15) is 0 Å². The van der Waals surface area contributed by atoms with Gasteiger partial charge in [-0.2, -0.15) is 0 Å². The van der Waals surface area contributed by atoms with Gasteiger partial charge in [-0.05, 0) is 61.3 Å². The Hall–Kier alpha value is -3.92. The van der Waals surface area contributed by atoms with E-state index < -0.39 is 0 Å². The van der Waals surface area contributed by atoms with Crippen molar-refractivity contribution >= 4 is 12.0 Å². The lowest BCUT2D eigenvalue weighted by molar-refractivity contribution is -0.144. The number of esters is 1. The van der Waals surface area contributed by atoms with Crippen LogP contribution in [0.2, 0.25) is 0 Å². The summed E-state index contributed by atoms with van der Waals surface area (Å²) in [4.78, 5) is 11.9. The molecule has 182 valence electrons. The summed E-state index contributed by atoms with van der Waals surface area (Å²) in [6.07, 6.45) is 7.17. The lowest BCUT2D eigenvalue weighted by Gasteiger charge is -2.06. The van der Waals surface area contributed by atoms with Crippen molar-refractivity contribution in [1.29, 1.82) is 0 Å². The highest BCUT2D eigenvalue weighted by Gasteiger charge is 2.45. The highest BCUT2D eigenvalue weighted by Crippen LogP contribution is 2.48. The Labute approximate surface area is 212 Å². The van der Waals surface area contributed by atoms with E-state index in [1.54, 1.807) is 0 Å². The van der Waals surface area contributed by atoms with Crippen molar-refractivity contribution in [1.82, 2.24) is 5.16 Å². The fraction of sp³-hybridized carbons (Fsp3) is 0.250. The molecule has 2 atom stereocenters. The van der Waals surface area contributed by atoms with E-state index in [0.29, 0.717) is 6.61 Å². The molecule has 4 aromatic rings. The van der Waals surface area contributed by atoms with Gasteiger partial charge in [0.05, 0.1) is 18.2 Å². The third-order valence-corrected chi connectivity index (χ3v) is 6.83. The second-order valence-corrected chi connectivity index (χ2v) is 9.34. The first kappa shape index (κ1) is 23.8. The number of aryl methyl sites for hydroxylation is 2. The van der Waals surface area contributed by atoms with Crippen LogP contribution in [0.1, 0.15) is 48.1 Å². The van der Waals surface area contributed by atoms with E-state index in [1.165, 1.54) is 11.1 Å². The van der Waals surface area contributed by atoms with Gasteiger partial charge in [0.25, 0.3) is 0 Å². The van der Waals surface area contributed by atoms with Gasteiger partial charge in [0.2, 0.25) is 0 Å². The Kier molecular flexibility index (Phi) is 7.13. The van der Waals surface area contributed by atoms with E-state index in [4.69, 9.17) is 9.26 Å². The molecule has 0 bridgehead atoms. The Morgan fingerprint density at radius 3 is 2.33 bits per heavy atom. The van der Waals surface area contributed by atoms with Gasteiger partial charge in [-0.3, -0.25) is 4.79 Å². The van der Waals surface area contributed by atoms with E-state index in [2.05, 4.69) is 90.1 Å². The lowest BCUT2D eigenvalue weighted by Crippen LogP contribution is -2.07. The first-order chi connectivity index (χ1) is 17.6. The summed E-state index contributed by atoms with van der Waals surface area (Å²) in [5.74, 6) is 1.02. The minimum absolute atomic E-state index is 0.0158. The van der Waals surface area contributed by atoms with Gasteiger partial charge in [-0.15, -0.1) is 0 Å². The first-order valence-electron chi connectivity index (χ1n) is 12.7. The van der Waals surface area contributed by atoms with Crippen LogP contribution in [0.15, 0.2) is 89.5 Å². The smallest absolute Gasteiger partial charge is 0.309 e. The Bertz CT molecular complexity index is 1330. The molecule has 0 amide bonds. The van der Waals surface area contributed by atoms with Gasteiger partial charge in [0, 0.05) is 11.1 Å². The van der Waals surface area contributed by atoms with Crippen molar-refractivity contribution < 1.29 is 14.1 Å². The number of hydrogen-bond donors (Lipinski definition) is 0. The number of allylic oxidation sites excluding steroid dienone is 1. The van der Waals surface area contributed by atoms with Crippen LogP contribution in [-0.2, 0) is 16.0 Å². The molecule has 1 aliphatic rings. The number of benzene rings is 3. The number of nitrogens with zero attached hydrogens (tertiary/aromatic N) is 1. The molecule has 36 heavy (non-hydrogen) atoms. The van der Waals surface area contributed by atoms with E-state index in [-0.39, 0.29) is 17.8 Å². The van der Waals surface area contributed by atoms with Crippen LogP contribution in [0, 0.1) is 12.8 Å². The second kappa shape index (κ2) is 10.8. The molecule has 1 heterocycles. The van der Waals surface area contributed by atoms with E-state index >= 15 is 0 Å². The van der Waals surface area contributed by atoms with Crippen LogP contribution in [0.4, 0.5) is 0 Å². The molecular formula is C32H31NO3. The molecule has 0 aliphatic heterocycles. The fourth-order valence-electron chi connectivity index (χ4n) is 4.69. The third kappa shape index (κ3) is 5.33. The lowest BCUT2D eigenvalue weighted by atomic mass is 9.99. The molecule has 0 spiro atoms. The summed E-state index contributed by atoms with van der Waals surface area (Å²) >= 11 is 0. The Morgan fingerprint density at radius 2 is 1.64 bits per heavy atom. The molecule has 0 N–H and O–H groups in total. The average molecular weight is 478 g/mol. The van der Waals surface area contributed by atoms with Crippen molar-refractivity contribution in [3.8, 4) is 22.5 Å². The molecule has 4 heteroatoms. The quantitative estimate of drug-likeness (QED) is 0.233. The molecule has 3 aromatic carbocycles. The molecule has 0 radical (unpaired) electrons. The van der Waals surface area contributed by atoms with Crippen LogP contribution in [-0.4, -0.2) is 17.7 Å². The van der Waals surface area contributed by atoms with Crippen molar-refractivity contribution in [3.05, 3.63) is 107 Å². The largest absolute Gasteiger partial charge is 0.466 e. The predicted octanol–water partition coefficient (Wildman–Crippen LogP) is 7.63. The van der Waals surface area contributed by atoms with Gasteiger partial charge < -0.3 is 9.26 Å². The Morgan fingerprint density at radius 1 is 0.972 bits per heavy atom. The van der Waals surface area contributed by atoms with Crippen LogP contribution in [0.25, 0.3) is 28.5 Å². The topological polar surface area (TPSA) is 52.3 Å². The van der Waals surface area contributed by atoms with E-state index in [0.717, 1.165) is 53.0 Å². The molecule has 1 aromatic heterocycles. The fourth-order valence-corrected chi connectivity index (χ4v) is 4.69. The van der Waals surface area contributed by atoms with Crippen LogP contribution in [0.5, 0.6) is 0 Å². The van der Waals surface area contributed by atoms with Crippen molar-refractivity contribution in [2.24, 2.45) is 5.92 Å². The minimum Gasteiger partial charge on any atom is -0.466 e. The monoisotopic (exact) mass is 477 g/mol. The molecule has 1 saturated carbocycles. The van der Waals surface area contributed by atoms with Crippen LogP contribution < -0.4 is 0 Å². The van der Waals surface area contributed by atoms with Crippen molar-refractivity contribution in [3.63, 3.8) is 0 Å². The number of carbonyl (C=O) groups excluding carboxylic acids is 1. The summed E-state index contributed by atoms with van der Waals surface area (Å²) in [7, 11) is 0. The number of hydrogen-bond acceptors (Lipinski definition) is 4.